The Morgan fingerprint density at radius 2 is 1.57 bits per heavy atom. The van der Waals surface area contributed by atoms with E-state index in [9.17, 15) is 9.59 Å². The van der Waals surface area contributed by atoms with Gasteiger partial charge < -0.3 is 14.5 Å². The minimum Gasteiger partial charge on any atom is -0.378 e. The summed E-state index contributed by atoms with van der Waals surface area (Å²) in [5.41, 5.74) is 1.01. The number of nitrogens with zero attached hydrogens (tertiary/aromatic N) is 3. The third kappa shape index (κ3) is 4.11. The lowest BCUT2D eigenvalue weighted by molar-refractivity contribution is -0.142. The summed E-state index contributed by atoms with van der Waals surface area (Å²) in [6.45, 7) is 5.11. The lowest BCUT2D eigenvalue weighted by Gasteiger charge is -2.41. The molecule has 2 aliphatic rings. The maximum absolute atomic E-state index is 13.3. The zero-order valence-electron chi connectivity index (χ0n) is 15.8. The number of thiophene rings is 1. The van der Waals surface area contributed by atoms with E-state index in [1.165, 1.54) is 11.3 Å². The number of rotatable bonds is 4. The van der Waals surface area contributed by atoms with Gasteiger partial charge in [0.2, 0.25) is 5.91 Å². The molecule has 4 rings (SSSR count). The van der Waals surface area contributed by atoms with Crippen LogP contribution >= 0.6 is 11.3 Å². The average molecular weight is 400 g/mol. The van der Waals surface area contributed by atoms with Gasteiger partial charge in [0.1, 0.15) is 6.04 Å². The van der Waals surface area contributed by atoms with Gasteiger partial charge in [-0.3, -0.25) is 14.5 Å². The summed E-state index contributed by atoms with van der Waals surface area (Å²) in [5.74, 6) is 0.220. The van der Waals surface area contributed by atoms with Crippen LogP contribution in [0.1, 0.15) is 21.3 Å². The number of hydrogen-bond donors (Lipinski definition) is 0. The second kappa shape index (κ2) is 8.86. The highest BCUT2D eigenvalue weighted by molar-refractivity contribution is 7.12. The van der Waals surface area contributed by atoms with Crippen molar-refractivity contribution in [1.29, 1.82) is 0 Å². The fourth-order valence-corrected chi connectivity index (χ4v) is 4.53. The quantitative estimate of drug-likeness (QED) is 0.790. The molecule has 6 nitrogen and oxygen atoms in total. The van der Waals surface area contributed by atoms with Crippen LogP contribution in [0.15, 0.2) is 47.8 Å². The Labute approximate surface area is 169 Å². The summed E-state index contributed by atoms with van der Waals surface area (Å²) < 4.78 is 5.41. The van der Waals surface area contributed by atoms with Crippen LogP contribution in [0.2, 0.25) is 0 Å². The van der Waals surface area contributed by atoms with Crippen molar-refractivity contribution in [3.63, 3.8) is 0 Å². The first kappa shape index (κ1) is 19.1. The summed E-state index contributed by atoms with van der Waals surface area (Å²) in [4.78, 5) is 32.8. The molecule has 0 unspecified atom stereocenters. The van der Waals surface area contributed by atoms with Gasteiger partial charge in [-0.1, -0.05) is 36.4 Å². The monoisotopic (exact) mass is 399 g/mol. The number of hydrogen-bond acceptors (Lipinski definition) is 5. The molecule has 3 heterocycles. The van der Waals surface area contributed by atoms with E-state index < -0.39 is 0 Å². The molecule has 7 heteroatoms. The normalized spacial score (nSPS) is 19.4. The molecule has 28 heavy (non-hydrogen) atoms. The lowest BCUT2D eigenvalue weighted by Crippen LogP contribution is -2.54. The van der Waals surface area contributed by atoms with Crippen molar-refractivity contribution in [2.24, 2.45) is 0 Å². The number of benzene rings is 1. The molecule has 1 atom stereocenters. The second-order valence-electron chi connectivity index (χ2n) is 7.06. The summed E-state index contributed by atoms with van der Waals surface area (Å²) in [6.07, 6.45) is 0. The van der Waals surface area contributed by atoms with Crippen LogP contribution in [-0.2, 0) is 9.53 Å². The maximum atomic E-state index is 13.3. The van der Waals surface area contributed by atoms with Crippen LogP contribution in [0.5, 0.6) is 0 Å². The van der Waals surface area contributed by atoms with Gasteiger partial charge in [0.15, 0.2) is 0 Å². The van der Waals surface area contributed by atoms with E-state index in [-0.39, 0.29) is 17.9 Å². The van der Waals surface area contributed by atoms with Crippen LogP contribution in [-0.4, -0.2) is 79.0 Å². The van der Waals surface area contributed by atoms with Crippen molar-refractivity contribution in [1.82, 2.24) is 14.7 Å². The SMILES string of the molecule is O=C(c1cccs1)N1CCN([C@H](C(=O)N2CCOCC2)c2ccccc2)CC1. The fourth-order valence-electron chi connectivity index (χ4n) is 3.84. The Morgan fingerprint density at radius 1 is 0.857 bits per heavy atom. The number of amides is 2. The zero-order valence-corrected chi connectivity index (χ0v) is 16.6. The van der Waals surface area contributed by atoms with Gasteiger partial charge in [-0.2, -0.15) is 0 Å². The van der Waals surface area contributed by atoms with Crippen LogP contribution in [0, 0.1) is 0 Å². The van der Waals surface area contributed by atoms with E-state index in [1.807, 2.05) is 57.6 Å². The molecule has 0 spiro atoms. The first-order chi connectivity index (χ1) is 13.7. The summed E-state index contributed by atoms with van der Waals surface area (Å²) >= 11 is 1.47. The van der Waals surface area contributed by atoms with Crippen molar-refractivity contribution in [2.45, 2.75) is 6.04 Å². The van der Waals surface area contributed by atoms with Crippen LogP contribution in [0.4, 0.5) is 0 Å². The van der Waals surface area contributed by atoms with Gasteiger partial charge in [-0.15, -0.1) is 11.3 Å². The number of piperazine rings is 1. The smallest absolute Gasteiger partial charge is 0.264 e. The first-order valence-electron chi connectivity index (χ1n) is 9.72. The van der Waals surface area contributed by atoms with Gasteiger partial charge in [-0.25, -0.2) is 0 Å². The Kier molecular flexibility index (Phi) is 6.04. The molecule has 0 N–H and O–H groups in total. The molecule has 2 aromatic rings. The van der Waals surface area contributed by atoms with Crippen LogP contribution in [0.3, 0.4) is 0 Å². The number of morpholine rings is 1. The number of carbonyl (C=O) groups is 2. The lowest BCUT2D eigenvalue weighted by atomic mass is 10.0. The number of carbonyl (C=O) groups excluding carboxylic acids is 2. The van der Waals surface area contributed by atoms with Crippen molar-refractivity contribution in [3.05, 3.63) is 58.3 Å². The average Bonchev–Trinajstić information content (AvgIpc) is 3.30. The van der Waals surface area contributed by atoms with Crippen molar-refractivity contribution in [2.75, 3.05) is 52.5 Å². The van der Waals surface area contributed by atoms with Crippen LogP contribution in [0.25, 0.3) is 0 Å². The minimum absolute atomic E-state index is 0.0883. The third-order valence-electron chi connectivity index (χ3n) is 5.37. The zero-order chi connectivity index (χ0) is 19.3. The van der Waals surface area contributed by atoms with E-state index in [4.69, 9.17) is 4.74 Å². The molecule has 0 bridgehead atoms. The largest absolute Gasteiger partial charge is 0.378 e. The van der Waals surface area contributed by atoms with E-state index in [2.05, 4.69) is 4.90 Å². The molecule has 0 radical (unpaired) electrons. The second-order valence-corrected chi connectivity index (χ2v) is 8.00. The minimum atomic E-state index is -0.307. The van der Waals surface area contributed by atoms with Gasteiger partial charge in [-0.05, 0) is 17.0 Å². The topological polar surface area (TPSA) is 53.1 Å². The molecule has 2 aliphatic heterocycles. The highest BCUT2D eigenvalue weighted by Crippen LogP contribution is 2.26. The molecule has 0 saturated carbocycles. The maximum Gasteiger partial charge on any atom is 0.264 e. The van der Waals surface area contributed by atoms with Crippen molar-refractivity contribution < 1.29 is 14.3 Å². The Bertz CT molecular complexity index is 782. The molecular weight excluding hydrogens is 374 g/mol. The summed E-state index contributed by atoms with van der Waals surface area (Å²) in [5, 5.41) is 1.93. The molecule has 2 saturated heterocycles. The Balaban J connectivity index is 1.48. The Morgan fingerprint density at radius 3 is 2.21 bits per heavy atom. The van der Waals surface area contributed by atoms with E-state index in [0.717, 1.165) is 10.4 Å². The molecule has 1 aromatic carbocycles. The van der Waals surface area contributed by atoms with E-state index >= 15 is 0 Å². The summed E-state index contributed by atoms with van der Waals surface area (Å²) in [7, 11) is 0. The molecule has 2 fully saturated rings. The van der Waals surface area contributed by atoms with Gasteiger partial charge in [0.05, 0.1) is 18.1 Å². The van der Waals surface area contributed by atoms with Gasteiger partial charge >= 0.3 is 0 Å². The molecule has 148 valence electrons. The third-order valence-corrected chi connectivity index (χ3v) is 6.23. The van der Waals surface area contributed by atoms with E-state index in [0.29, 0.717) is 52.5 Å². The number of ether oxygens (including phenoxy) is 1. The first-order valence-corrected chi connectivity index (χ1v) is 10.6. The predicted molar refractivity (Wildman–Crippen MR) is 108 cm³/mol. The van der Waals surface area contributed by atoms with Gasteiger partial charge in [0.25, 0.3) is 5.91 Å². The highest BCUT2D eigenvalue weighted by atomic mass is 32.1. The molecule has 0 aliphatic carbocycles. The summed E-state index contributed by atoms with van der Waals surface area (Å²) in [6, 6.07) is 13.4. The highest BCUT2D eigenvalue weighted by Gasteiger charge is 2.34. The molecule has 1 aromatic heterocycles. The van der Waals surface area contributed by atoms with Crippen molar-refractivity contribution >= 4 is 23.2 Å². The van der Waals surface area contributed by atoms with Gasteiger partial charge in [0, 0.05) is 39.3 Å². The molecular formula is C21H25N3O3S. The van der Waals surface area contributed by atoms with Crippen molar-refractivity contribution in [3.8, 4) is 0 Å². The Hall–Kier alpha value is -2.22. The standard InChI is InChI=1S/C21H25N3O3S/c25-20(18-7-4-16-28-18)23-10-8-22(9-11-23)19(17-5-2-1-3-6-17)21(26)24-12-14-27-15-13-24/h1-7,16,19H,8-15H2/t19-/m0/s1. The fraction of sp³-hybridized carbons (Fsp3) is 0.429. The van der Waals surface area contributed by atoms with E-state index in [1.54, 1.807) is 0 Å². The predicted octanol–water partition coefficient (Wildman–Crippen LogP) is 2.11. The molecule has 2 amide bonds. The van der Waals surface area contributed by atoms with Crippen LogP contribution < -0.4 is 0 Å².